The lowest BCUT2D eigenvalue weighted by molar-refractivity contribution is 0.0997. The van der Waals surface area contributed by atoms with Crippen LogP contribution in [0.2, 0.25) is 0 Å². The van der Waals surface area contributed by atoms with E-state index in [1.807, 2.05) is 0 Å². The van der Waals surface area contributed by atoms with Crippen molar-refractivity contribution in [2.75, 3.05) is 11.1 Å². The summed E-state index contributed by atoms with van der Waals surface area (Å²) in [5.74, 6) is -1.38. The SMILES string of the molecule is CCS(=O)(=O)c1ncc(Br)c(C(=O)Nc2ccc(C(N)=O)cc2)n1. The molecular formula is C14H13BrN4O4S. The Labute approximate surface area is 146 Å². The number of benzene rings is 1. The van der Waals surface area contributed by atoms with Crippen molar-refractivity contribution in [2.45, 2.75) is 12.1 Å². The minimum absolute atomic E-state index is 0.115. The average molecular weight is 413 g/mol. The number of halogens is 1. The molecule has 126 valence electrons. The Kier molecular flexibility index (Phi) is 5.30. The minimum Gasteiger partial charge on any atom is -0.366 e. The molecule has 2 aromatic rings. The fraction of sp³-hybridized carbons (Fsp3) is 0.143. The van der Waals surface area contributed by atoms with Gasteiger partial charge in [-0.05, 0) is 40.2 Å². The first kappa shape index (κ1) is 18.0. The van der Waals surface area contributed by atoms with Crippen LogP contribution in [-0.2, 0) is 9.84 Å². The third-order valence-electron chi connectivity index (χ3n) is 3.02. The summed E-state index contributed by atoms with van der Waals surface area (Å²) in [5, 5.41) is 2.14. The molecule has 0 fully saturated rings. The van der Waals surface area contributed by atoms with Gasteiger partial charge in [-0.2, -0.15) is 0 Å². The monoisotopic (exact) mass is 412 g/mol. The largest absolute Gasteiger partial charge is 0.366 e. The number of nitrogens with zero attached hydrogens (tertiary/aromatic N) is 2. The third-order valence-corrected chi connectivity index (χ3v) is 5.12. The van der Waals surface area contributed by atoms with E-state index in [1.54, 1.807) is 0 Å². The molecule has 0 aliphatic rings. The zero-order valence-corrected chi connectivity index (χ0v) is 14.9. The summed E-state index contributed by atoms with van der Waals surface area (Å²) in [6.45, 7) is 1.46. The van der Waals surface area contributed by atoms with Gasteiger partial charge in [-0.3, -0.25) is 9.59 Å². The van der Waals surface area contributed by atoms with Crippen LogP contribution in [0.1, 0.15) is 27.8 Å². The second-order valence-corrected chi connectivity index (χ2v) is 7.67. The minimum atomic E-state index is -3.63. The van der Waals surface area contributed by atoms with Crippen LogP contribution in [0.25, 0.3) is 0 Å². The smallest absolute Gasteiger partial charge is 0.275 e. The topological polar surface area (TPSA) is 132 Å². The highest BCUT2D eigenvalue weighted by Crippen LogP contribution is 2.18. The molecule has 2 amide bonds. The molecule has 1 heterocycles. The van der Waals surface area contributed by atoms with Crippen LogP contribution in [0.15, 0.2) is 40.1 Å². The van der Waals surface area contributed by atoms with E-state index < -0.39 is 26.8 Å². The predicted octanol–water partition coefficient (Wildman–Crippen LogP) is 1.38. The van der Waals surface area contributed by atoms with E-state index in [2.05, 4.69) is 31.2 Å². The number of hydrogen-bond donors (Lipinski definition) is 2. The molecule has 0 radical (unpaired) electrons. The Morgan fingerprint density at radius 2 is 1.88 bits per heavy atom. The molecule has 0 aliphatic carbocycles. The third kappa shape index (κ3) is 3.95. The van der Waals surface area contributed by atoms with E-state index >= 15 is 0 Å². The van der Waals surface area contributed by atoms with Gasteiger partial charge in [-0.1, -0.05) is 6.92 Å². The van der Waals surface area contributed by atoms with Crippen molar-refractivity contribution in [1.82, 2.24) is 9.97 Å². The van der Waals surface area contributed by atoms with Gasteiger partial charge in [0.25, 0.3) is 5.91 Å². The molecule has 1 aromatic heterocycles. The second-order valence-electron chi connectivity index (χ2n) is 4.65. The molecule has 0 aliphatic heterocycles. The molecule has 2 rings (SSSR count). The van der Waals surface area contributed by atoms with Gasteiger partial charge in [0, 0.05) is 17.4 Å². The van der Waals surface area contributed by atoms with Crippen LogP contribution in [0, 0.1) is 0 Å². The second kappa shape index (κ2) is 7.05. The number of nitrogens with two attached hydrogens (primary N) is 1. The van der Waals surface area contributed by atoms with E-state index in [1.165, 1.54) is 37.4 Å². The molecule has 0 unspecified atom stereocenters. The first-order chi connectivity index (χ1) is 11.2. The van der Waals surface area contributed by atoms with Crippen molar-refractivity contribution in [3.8, 4) is 0 Å². The Bertz CT molecular complexity index is 897. The van der Waals surface area contributed by atoms with Gasteiger partial charge in [-0.25, -0.2) is 18.4 Å². The van der Waals surface area contributed by atoms with E-state index in [4.69, 9.17) is 5.73 Å². The number of anilines is 1. The van der Waals surface area contributed by atoms with Gasteiger partial charge < -0.3 is 11.1 Å². The quantitative estimate of drug-likeness (QED) is 0.712. The Balaban J connectivity index is 2.29. The fourth-order valence-corrected chi connectivity index (χ4v) is 2.77. The summed E-state index contributed by atoms with van der Waals surface area (Å²) in [4.78, 5) is 30.9. The van der Waals surface area contributed by atoms with Gasteiger partial charge >= 0.3 is 0 Å². The number of nitrogens with one attached hydrogen (secondary N) is 1. The van der Waals surface area contributed by atoms with Crippen LogP contribution >= 0.6 is 15.9 Å². The molecule has 3 N–H and O–H groups in total. The molecule has 0 atom stereocenters. The molecule has 0 bridgehead atoms. The molecule has 8 nitrogen and oxygen atoms in total. The molecule has 24 heavy (non-hydrogen) atoms. The van der Waals surface area contributed by atoms with Crippen molar-refractivity contribution >= 4 is 43.3 Å². The number of hydrogen-bond acceptors (Lipinski definition) is 6. The van der Waals surface area contributed by atoms with Crippen LogP contribution in [-0.4, -0.2) is 36.0 Å². The van der Waals surface area contributed by atoms with E-state index in [0.29, 0.717) is 11.3 Å². The van der Waals surface area contributed by atoms with E-state index in [-0.39, 0.29) is 15.9 Å². The molecule has 0 spiro atoms. The Morgan fingerprint density at radius 3 is 2.42 bits per heavy atom. The van der Waals surface area contributed by atoms with Gasteiger partial charge in [0.05, 0.1) is 10.2 Å². The van der Waals surface area contributed by atoms with Crippen molar-refractivity contribution < 1.29 is 18.0 Å². The maximum absolute atomic E-state index is 12.3. The lowest BCUT2D eigenvalue weighted by Gasteiger charge is -2.08. The lowest BCUT2D eigenvalue weighted by atomic mass is 10.2. The summed E-state index contributed by atoms with van der Waals surface area (Å²) in [7, 11) is -3.63. The fourth-order valence-electron chi connectivity index (χ4n) is 1.70. The van der Waals surface area contributed by atoms with Crippen LogP contribution in [0.4, 0.5) is 5.69 Å². The molecule has 1 aromatic carbocycles. The van der Waals surface area contributed by atoms with Crippen molar-refractivity contribution in [3.05, 3.63) is 46.2 Å². The summed E-state index contributed by atoms with van der Waals surface area (Å²) in [6, 6.07) is 5.91. The van der Waals surface area contributed by atoms with E-state index in [9.17, 15) is 18.0 Å². The van der Waals surface area contributed by atoms with Gasteiger partial charge in [0.2, 0.25) is 20.9 Å². The lowest BCUT2D eigenvalue weighted by Crippen LogP contribution is -2.18. The Hall–Kier alpha value is -2.33. The summed E-state index contributed by atoms with van der Waals surface area (Å²) in [5.41, 5.74) is 5.72. The normalized spacial score (nSPS) is 11.1. The predicted molar refractivity (Wildman–Crippen MR) is 90.4 cm³/mol. The molecule has 10 heteroatoms. The average Bonchev–Trinajstić information content (AvgIpc) is 2.55. The zero-order chi connectivity index (χ0) is 17.9. The van der Waals surface area contributed by atoms with Crippen LogP contribution in [0.5, 0.6) is 0 Å². The van der Waals surface area contributed by atoms with Crippen molar-refractivity contribution in [3.63, 3.8) is 0 Å². The van der Waals surface area contributed by atoms with E-state index in [0.717, 1.165) is 0 Å². The highest BCUT2D eigenvalue weighted by Gasteiger charge is 2.20. The number of amides is 2. The standard InChI is InChI=1S/C14H13BrN4O4S/c1-2-24(22,23)14-17-7-10(15)11(19-14)13(21)18-9-5-3-8(4-6-9)12(16)20/h3-7H,2H2,1H3,(H2,16,20)(H,18,21). The first-order valence-corrected chi connectivity index (χ1v) is 9.15. The number of aromatic nitrogens is 2. The van der Waals surface area contributed by atoms with Gasteiger partial charge in [0.15, 0.2) is 0 Å². The number of rotatable bonds is 5. The summed E-state index contributed by atoms with van der Waals surface area (Å²) >= 11 is 3.12. The highest BCUT2D eigenvalue weighted by molar-refractivity contribution is 9.10. The van der Waals surface area contributed by atoms with Crippen LogP contribution < -0.4 is 11.1 Å². The number of sulfone groups is 1. The number of carbonyl (C=O) groups is 2. The van der Waals surface area contributed by atoms with Crippen molar-refractivity contribution in [2.24, 2.45) is 5.73 Å². The molecular weight excluding hydrogens is 400 g/mol. The first-order valence-electron chi connectivity index (χ1n) is 6.71. The van der Waals surface area contributed by atoms with Crippen molar-refractivity contribution in [1.29, 1.82) is 0 Å². The summed E-state index contributed by atoms with van der Waals surface area (Å²) in [6.07, 6.45) is 1.21. The Morgan fingerprint density at radius 1 is 1.25 bits per heavy atom. The van der Waals surface area contributed by atoms with Gasteiger partial charge in [-0.15, -0.1) is 0 Å². The maximum atomic E-state index is 12.3. The maximum Gasteiger partial charge on any atom is 0.275 e. The number of primary amides is 1. The van der Waals surface area contributed by atoms with Gasteiger partial charge in [0.1, 0.15) is 5.69 Å². The molecule has 0 saturated heterocycles. The summed E-state index contributed by atoms with van der Waals surface area (Å²) < 4.78 is 23.9. The molecule has 0 saturated carbocycles. The number of carbonyl (C=O) groups excluding carboxylic acids is 2. The zero-order valence-electron chi connectivity index (χ0n) is 12.5. The van der Waals surface area contributed by atoms with Crippen LogP contribution in [0.3, 0.4) is 0 Å². The highest BCUT2D eigenvalue weighted by atomic mass is 79.9.